The number of rotatable bonds is 3. The molecule has 0 aromatic heterocycles. The largest absolute Gasteiger partial charge is 0.458 e. The van der Waals surface area contributed by atoms with E-state index < -0.39 is 0 Å². The fourth-order valence-corrected chi connectivity index (χ4v) is 2.68. The Morgan fingerprint density at radius 3 is 2.78 bits per heavy atom. The summed E-state index contributed by atoms with van der Waals surface area (Å²) in [4.78, 5) is 12.1. The lowest BCUT2D eigenvalue weighted by Crippen LogP contribution is -2.30. The molecule has 0 heterocycles. The van der Waals surface area contributed by atoms with Crippen LogP contribution in [0.4, 0.5) is 5.69 Å². The van der Waals surface area contributed by atoms with Crippen molar-refractivity contribution in [1.82, 2.24) is 0 Å². The van der Waals surface area contributed by atoms with Crippen molar-refractivity contribution in [3.05, 3.63) is 29.8 Å². The fourth-order valence-electron chi connectivity index (χ4n) is 2.68. The molecular weight excluding hydrogens is 226 g/mol. The van der Waals surface area contributed by atoms with Crippen molar-refractivity contribution in [3.63, 3.8) is 0 Å². The van der Waals surface area contributed by atoms with Gasteiger partial charge in [0.1, 0.15) is 6.10 Å². The average molecular weight is 247 g/mol. The molecule has 2 atom stereocenters. The fraction of sp³-hybridized carbons (Fsp3) is 0.533. The van der Waals surface area contributed by atoms with Gasteiger partial charge in [0.2, 0.25) is 0 Å². The van der Waals surface area contributed by atoms with Crippen LogP contribution in [0.5, 0.6) is 0 Å². The molecule has 3 heteroatoms. The highest BCUT2D eigenvalue weighted by Crippen LogP contribution is 2.30. The van der Waals surface area contributed by atoms with Gasteiger partial charge in [-0.3, -0.25) is 0 Å². The minimum absolute atomic E-state index is 0.0656. The molecule has 0 spiro atoms. The van der Waals surface area contributed by atoms with Crippen molar-refractivity contribution in [2.45, 2.75) is 45.1 Å². The first-order chi connectivity index (χ1) is 8.72. The molecule has 2 N–H and O–H groups in total. The predicted molar refractivity (Wildman–Crippen MR) is 72.3 cm³/mol. The minimum atomic E-state index is -0.279. The summed E-state index contributed by atoms with van der Waals surface area (Å²) in [5, 5.41) is 0. The van der Waals surface area contributed by atoms with Crippen LogP contribution in [-0.4, -0.2) is 12.1 Å². The Hall–Kier alpha value is -1.51. The molecule has 1 saturated carbocycles. The number of hydrogen-bond acceptors (Lipinski definition) is 3. The van der Waals surface area contributed by atoms with E-state index in [1.54, 1.807) is 12.1 Å². The number of nitrogens with two attached hydrogens (primary N) is 1. The number of carbonyl (C=O) groups is 1. The summed E-state index contributed by atoms with van der Waals surface area (Å²) in [5.41, 5.74) is 6.77. The quantitative estimate of drug-likeness (QED) is 0.658. The Labute approximate surface area is 108 Å². The maximum Gasteiger partial charge on any atom is 0.340 e. The van der Waals surface area contributed by atoms with Crippen molar-refractivity contribution in [1.29, 1.82) is 0 Å². The van der Waals surface area contributed by atoms with Crippen LogP contribution in [0.2, 0.25) is 0 Å². The summed E-state index contributed by atoms with van der Waals surface area (Å²) in [7, 11) is 0. The van der Waals surface area contributed by atoms with Gasteiger partial charge in [-0.25, -0.2) is 4.79 Å². The van der Waals surface area contributed by atoms with Gasteiger partial charge in [-0.1, -0.05) is 25.5 Å². The minimum Gasteiger partial charge on any atom is -0.458 e. The van der Waals surface area contributed by atoms with Crippen molar-refractivity contribution in [3.8, 4) is 0 Å². The van der Waals surface area contributed by atoms with Gasteiger partial charge in [-0.15, -0.1) is 0 Å². The zero-order chi connectivity index (χ0) is 13.0. The van der Waals surface area contributed by atoms with E-state index in [1.165, 1.54) is 12.8 Å². The van der Waals surface area contributed by atoms with Crippen LogP contribution in [-0.2, 0) is 4.74 Å². The summed E-state index contributed by atoms with van der Waals surface area (Å²) in [5.74, 6) is 0.228. The van der Waals surface area contributed by atoms with Crippen molar-refractivity contribution in [2.24, 2.45) is 5.92 Å². The number of hydrogen-bond donors (Lipinski definition) is 1. The molecule has 2 unspecified atom stereocenters. The Morgan fingerprint density at radius 1 is 1.33 bits per heavy atom. The van der Waals surface area contributed by atoms with Gasteiger partial charge in [0.15, 0.2) is 0 Å². The zero-order valence-corrected chi connectivity index (χ0v) is 10.9. The van der Waals surface area contributed by atoms with E-state index >= 15 is 0 Å². The second-order valence-electron chi connectivity index (χ2n) is 4.98. The SMILES string of the molecule is CCC1CCCCC1OC(=O)c1ccccc1N. The monoisotopic (exact) mass is 247 g/mol. The topological polar surface area (TPSA) is 52.3 Å². The number of benzene rings is 1. The van der Waals surface area contributed by atoms with Crippen LogP contribution in [0, 0.1) is 5.92 Å². The molecule has 0 aliphatic heterocycles. The van der Waals surface area contributed by atoms with E-state index in [2.05, 4.69) is 6.92 Å². The molecule has 1 aromatic carbocycles. The maximum absolute atomic E-state index is 12.1. The first kappa shape index (κ1) is 12.9. The summed E-state index contributed by atoms with van der Waals surface area (Å²) >= 11 is 0. The number of anilines is 1. The molecule has 3 nitrogen and oxygen atoms in total. The first-order valence-electron chi connectivity index (χ1n) is 6.78. The molecule has 1 aliphatic rings. The van der Waals surface area contributed by atoms with E-state index in [4.69, 9.17) is 10.5 Å². The Balaban J connectivity index is 2.04. The Bertz CT molecular complexity index is 417. The van der Waals surface area contributed by atoms with Gasteiger partial charge in [0.05, 0.1) is 5.56 Å². The van der Waals surface area contributed by atoms with E-state index in [0.29, 0.717) is 17.2 Å². The predicted octanol–water partition coefficient (Wildman–Crippen LogP) is 3.39. The zero-order valence-electron chi connectivity index (χ0n) is 10.9. The van der Waals surface area contributed by atoms with E-state index in [1.807, 2.05) is 12.1 Å². The molecule has 0 saturated heterocycles. The summed E-state index contributed by atoms with van der Waals surface area (Å²) in [6.07, 6.45) is 5.69. The number of para-hydroxylation sites is 1. The van der Waals surface area contributed by atoms with Crippen LogP contribution in [0.1, 0.15) is 49.4 Å². The van der Waals surface area contributed by atoms with Crippen LogP contribution in [0.15, 0.2) is 24.3 Å². The molecule has 1 aliphatic carbocycles. The third-order valence-corrected chi connectivity index (χ3v) is 3.80. The third-order valence-electron chi connectivity index (χ3n) is 3.80. The molecule has 1 aromatic rings. The third kappa shape index (κ3) is 2.84. The molecule has 0 radical (unpaired) electrons. The molecule has 98 valence electrons. The van der Waals surface area contributed by atoms with Gasteiger partial charge in [0, 0.05) is 5.69 Å². The number of nitrogen functional groups attached to an aromatic ring is 1. The first-order valence-corrected chi connectivity index (χ1v) is 6.78. The van der Waals surface area contributed by atoms with Crippen LogP contribution >= 0.6 is 0 Å². The van der Waals surface area contributed by atoms with Crippen molar-refractivity contribution >= 4 is 11.7 Å². The Kier molecular flexibility index (Phi) is 4.24. The van der Waals surface area contributed by atoms with Gasteiger partial charge >= 0.3 is 5.97 Å². The standard InChI is InChI=1S/C15H21NO2/c1-2-11-7-3-6-10-14(11)18-15(17)12-8-4-5-9-13(12)16/h4-5,8-9,11,14H,2-3,6-7,10,16H2,1H3. The second-order valence-corrected chi connectivity index (χ2v) is 4.98. The van der Waals surface area contributed by atoms with Gasteiger partial charge < -0.3 is 10.5 Å². The summed E-state index contributed by atoms with van der Waals surface area (Å²) < 4.78 is 5.64. The second kappa shape index (κ2) is 5.89. The molecule has 1 fully saturated rings. The van der Waals surface area contributed by atoms with Gasteiger partial charge in [0.25, 0.3) is 0 Å². The van der Waals surface area contributed by atoms with Gasteiger partial charge in [-0.2, -0.15) is 0 Å². The van der Waals surface area contributed by atoms with Crippen LogP contribution < -0.4 is 5.73 Å². The van der Waals surface area contributed by atoms with E-state index in [0.717, 1.165) is 19.3 Å². The Morgan fingerprint density at radius 2 is 2.06 bits per heavy atom. The van der Waals surface area contributed by atoms with Crippen LogP contribution in [0.3, 0.4) is 0 Å². The summed E-state index contributed by atoms with van der Waals surface area (Å²) in [6, 6.07) is 7.09. The van der Waals surface area contributed by atoms with E-state index in [-0.39, 0.29) is 12.1 Å². The lowest BCUT2D eigenvalue weighted by atomic mass is 9.85. The molecular formula is C15H21NO2. The normalized spacial score (nSPS) is 23.6. The molecule has 0 bridgehead atoms. The van der Waals surface area contributed by atoms with Crippen LogP contribution in [0.25, 0.3) is 0 Å². The average Bonchev–Trinajstić information content (AvgIpc) is 2.39. The molecule has 18 heavy (non-hydrogen) atoms. The maximum atomic E-state index is 12.1. The van der Waals surface area contributed by atoms with Crippen molar-refractivity contribution < 1.29 is 9.53 Å². The molecule has 0 amide bonds. The lowest BCUT2D eigenvalue weighted by Gasteiger charge is -2.30. The highest BCUT2D eigenvalue weighted by molar-refractivity contribution is 5.95. The summed E-state index contributed by atoms with van der Waals surface area (Å²) in [6.45, 7) is 2.16. The molecule has 2 rings (SSSR count). The lowest BCUT2D eigenvalue weighted by molar-refractivity contribution is 0.000822. The van der Waals surface area contributed by atoms with Gasteiger partial charge in [-0.05, 0) is 43.7 Å². The number of ether oxygens (including phenoxy) is 1. The highest BCUT2D eigenvalue weighted by Gasteiger charge is 2.27. The van der Waals surface area contributed by atoms with E-state index in [9.17, 15) is 4.79 Å². The smallest absolute Gasteiger partial charge is 0.340 e. The van der Waals surface area contributed by atoms with Crippen molar-refractivity contribution in [2.75, 3.05) is 5.73 Å². The number of esters is 1. The highest BCUT2D eigenvalue weighted by atomic mass is 16.5. The number of carbonyl (C=O) groups excluding carboxylic acids is 1.